The lowest BCUT2D eigenvalue weighted by atomic mass is 10.2. The molecule has 2 fully saturated rings. The molecular formula is C19H30FIN6O. The number of carbonyl (C=O) groups is 1. The second-order valence-corrected chi connectivity index (χ2v) is 7.46. The molecule has 1 saturated heterocycles. The molecule has 0 spiro atoms. The quantitative estimate of drug-likeness (QED) is 0.365. The number of rotatable bonds is 5. The average molecular weight is 504 g/mol. The van der Waals surface area contributed by atoms with Gasteiger partial charge in [-0.15, -0.1) is 24.0 Å². The Balaban J connectivity index is 0.00000280. The van der Waals surface area contributed by atoms with E-state index in [0.29, 0.717) is 24.4 Å². The first-order valence-electron chi connectivity index (χ1n) is 9.66. The molecule has 0 bridgehead atoms. The van der Waals surface area contributed by atoms with E-state index in [1.807, 2.05) is 4.90 Å². The zero-order valence-electron chi connectivity index (χ0n) is 16.5. The average Bonchev–Trinajstić information content (AvgIpc) is 3.32. The van der Waals surface area contributed by atoms with Crippen LogP contribution < -0.4 is 15.5 Å². The fourth-order valence-corrected chi connectivity index (χ4v) is 3.56. The monoisotopic (exact) mass is 504 g/mol. The number of guanidine groups is 1. The number of amides is 1. The minimum atomic E-state index is -0.298. The number of nitrogens with zero attached hydrogens (tertiary/aromatic N) is 4. The minimum Gasteiger partial charge on any atom is -0.354 e. The Bertz CT molecular complexity index is 680. The van der Waals surface area contributed by atoms with Gasteiger partial charge in [0.1, 0.15) is 6.54 Å². The molecule has 0 aromatic carbocycles. The SMILES string of the molecule is CN(C)C(=O)CN=C(NC1CCCC1)NC1CCN(c2ncccc2F)C1.I. The predicted molar refractivity (Wildman–Crippen MR) is 120 cm³/mol. The Morgan fingerprint density at radius 3 is 2.68 bits per heavy atom. The lowest BCUT2D eigenvalue weighted by Crippen LogP contribution is -2.48. The summed E-state index contributed by atoms with van der Waals surface area (Å²) in [5, 5.41) is 6.90. The van der Waals surface area contributed by atoms with Crippen molar-refractivity contribution in [1.82, 2.24) is 20.5 Å². The van der Waals surface area contributed by atoms with Crippen LogP contribution >= 0.6 is 24.0 Å². The van der Waals surface area contributed by atoms with Gasteiger partial charge in [0.05, 0.1) is 0 Å². The Labute approximate surface area is 183 Å². The third-order valence-corrected chi connectivity index (χ3v) is 5.13. The van der Waals surface area contributed by atoms with Crippen molar-refractivity contribution < 1.29 is 9.18 Å². The summed E-state index contributed by atoms with van der Waals surface area (Å²) in [6.07, 6.45) is 7.16. The second-order valence-electron chi connectivity index (χ2n) is 7.46. The molecule has 1 aliphatic carbocycles. The fraction of sp³-hybridized carbons (Fsp3) is 0.632. The van der Waals surface area contributed by atoms with Crippen molar-refractivity contribution in [3.8, 4) is 0 Å². The first kappa shape index (κ1) is 22.6. The zero-order chi connectivity index (χ0) is 19.2. The summed E-state index contributed by atoms with van der Waals surface area (Å²) in [4.78, 5) is 24.0. The van der Waals surface area contributed by atoms with Gasteiger partial charge < -0.3 is 20.4 Å². The molecular weight excluding hydrogens is 474 g/mol. The topological polar surface area (TPSA) is 72.9 Å². The van der Waals surface area contributed by atoms with Gasteiger partial charge in [0.2, 0.25) is 5.91 Å². The van der Waals surface area contributed by atoms with Crippen LogP contribution in [0.3, 0.4) is 0 Å². The first-order valence-corrected chi connectivity index (χ1v) is 9.66. The largest absolute Gasteiger partial charge is 0.354 e. The van der Waals surface area contributed by atoms with Gasteiger partial charge >= 0.3 is 0 Å². The fourth-order valence-electron chi connectivity index (χ4n) is 3.56. The van der Waals surface area contributed by atoms with Crippen LogP contribution in [0.25, 0.3) is 0 Å². The number of pyridine rings is 1. The van der Waals surface area contributed by atoms with Gasteiger partial charge in [0.25, 0.3) is 0 Å². The van der Waals surface area contributed by atoms with Crippen LogP contribution in [0, 0.1) is 5.82 Å². The van der Waals surface area contributed by atoms with Gasteiger partial charge in [-0.25, -0.2) is 14.4 Å². The lowest BCUT2D eigenvalue weighted by Gasteiger charge is -2.22. The van der Waals surface area contributed by atoms with E-state index in [1.54, 1.807) is 26.4 Å². The van der Waals surface area contributed by atoms with Crippen molar-refractivity contribution in [2.75, 3.05) is 38.6 Å². The van der Waals surface area contributed by atoms with Gasteiger partial charge in [-0.05, 0) is 31.4 Å². The molecule has 3 rings (SSSR count). The molecule has 1 aliphatic heterocycles. The summed E-state index contributed by atoms with van der Waals surface area (Å²) in [7, 11) is 3.46. The first-order chi connectivity index (χ1) is 13.0. The number of nitrogens with one attached hydrogen (secondary N) is 2. The van der Waals surface area contributed by atoms with E-state index in [2.05, 4.69) is 20.6 Å². The molecule has 0 radical (unpaired) electrons. The third kappa shape index (κ3) is 6.18. The molecule has 7 nitrogen and oxygen atoms in total. The van der Waals surface area contributed by atoms with Crippen molar-refractivity contribution in [2.24, 2.45) is 4.99 Å². The maximum atomic E-state index is 14.0. The molecule has 9 heteroatoms. The van der Waals surface area contributed by atoms with E-state index in [-0.39, 0.29) is 48.3 Å². The molecule has 2 aliphatic rings. The summed E-state index contributed by atoms with van der Waals surface area (Å²) in [5.41, 5.74) is 0. The molecule has 1 saturated carbocycles. The zero-order valence-corrected chi connectivity index (χ0v) is 18.9. The lowest BCUT2D eigenvalue weighted by molar-refractivity contribution is -0.127. The third-order valence-electron chi connectivity index (χ3n) is 5.13. The summed E-state index contributed by atoms with van der Waals surface area (Å²) >= 11 is 0. The van der Waals surface area contributed by atoms with Gasteiger partial charge in [0.15, 0.2) is 17.6 Å². The van der Waals surface area contributed by atoms with Crippen molar-refractivity contribution >= 4 is 41.7 Å². The number of likely N-dealkylation sites (N-methyl/N-ethyl adjacent to an activating group) is 1. The Morgan fingerprint density at radius 1 is 1.29 bits per heavy atom. The maximum absolute atomic E-state index is 14.0. The number of aromatic nitrogens is 1. The highest BCUT2D eigenvalue weighted by Crippen LogP contribution is 2.21. The number of carbonyl (C=O) groups excluding carboxylic acids is 1. The summed E-state index contributed by atoms with van der Waals surface area (Å²) in [6, 6.07) is 3.57. The number of aliphatic imine (C=N–C) groups is 1. The van der Waals surface area contributed by atoms with Crippen LogP contribution in [0.15, 0.2) is 23.3 Å². The second kappa shape index (κ2) is 10.8. The van der Waals surface area contributed by atoms with Crippen molar-refractivity contribution in [3.05, 3.63) is 24.1 Å². The van der Waals surface area contributed by atoms with E-state index < -0.39 is 0 Å². The molecule has 1 aromatic rings. The van der Waals surface area contributed by atoms with Crippen molar-refractivity contribution in [2.45, 2.75) is 44.2 Å². The van der Waals surface area contributed by atoms with E-state index in [1.165, 1.54) is 23.8 Å². The Hall–Kier alpha value is -1.65. The molecule has 1 atom stereocenters. The highest BCUT2D eigenvalue weighted by Gasteiger charge is 2.27. The van der Waals surface area contributed by atoms with Crippen LogP contribution in [-0.2, 0) is 4.79 Å². The van der Waals surface area contributed by atoms with E-state index in [0.717, 1.165) is 25.8 Å². The van der Waals surface area contributed by atoms with E-state index >= 15 is 0 Å². The van der Waals surface area contributed by atoms with Gasteiger partial charge in [0, 0.05) is 45.5 Å². The van der Waals surface area contributed by atoms with Crippen LogP contribution in [0.2, 0.25) is 0 Å². The normalized spacial score (nSPS) is 20.0. The molecule has 1 amide bonds. The summed E-state index contributed by atoms with van der Waals surface area (Å²) in [6.45, 7) is 1.50. The molecule has 1 unspecified atom stereocenters. The smallest absolute Gasteiger partial charge is 0.243 e. The van der Waals surface area contributed by atoms with Crippen LogP contribution in [0.5, 0.6) is 0 Å². The van der Waals surface area contributed by atoms with Crippen LogP contribution in [0.1, 0.15) is 32.1 Å². The van der Waals surface area contributed by atoms with Crippen LogP contribution in [0.4, 0.5) is 10.2 Å². The molecule has 156 valence electrons. The Morgan fingerprint density at radius 2 is 2.00 bits per heavy atom. The number of anilines is 1. The maximum Gasteiger partial charge on any atom is 0.243 e. The van der Waals surface area contributed by atoms with Crippen molar-refractivity contribution in [3.63, 3.8) is 0 Å². The standard InChI is InChI=1S/C19H29FN6O.HI/c1-25(2)17(27)12-22-19(23-14-6-3-4-7-14)24-15-9-11-26(13-15)18-16(20)8-5-10-21-18;/h5,8,10,14-15H,3-4,6-7,9,11-13H2,1-2H3,(H2,22,23,24);1H. The highest BCUT2D eigenvalue weighted by molar-refractivity contribution is 14.0. The number of hydrogen-bond donors (Lipinski definition) is 2. The summed E-state index contributed by atoms with van der Waals surface area (Å²) in [5.74, 6) is 0.732. The minimum absolute atomic E-state index is 0. The molecule has 1 aromatic heterocycles. The Kier molecular flexibility index (Phi) is 8.71. The van der Waals surface area contributed by atoms with Gasteiger partial charge in [-0.2, -0.15) is 0 Å². The van der Waals surface area contributed by atoms with E-state index in [9.17, 15) is 9.18 Å². The molecule has 2 heterocycles. The van der Waals surface area contributed by atoms with E-state index in [4.69, 9.17) is 0 Å². The number of halogens is 2. The predicted octanol–water partition coefficient (Wildman–Crippen LogP) is 1.98. The molecule has 2 N–H and O–H groups in total. The number of hydrogen-bond acceptors (Lipinski definition) is 4. The highest BCUT2D eigenvalue weighted by atomic mass is 127. The van der Waals surface area contributed by atoms with Gasteiger partial charge in [-0.1, -0.05) is 12.8 Å². The molecule has 28 heavy (non-hydrogen) atoms. The van der Waals surface area contributed by atoms with Gasteiger partial charge in [-0.3, -0.25) is 4.79 Å². The summed E-state index contributed by atoms with van der Waals surface area (Å²) < 4.78 is 14.0. The van der Waals surface area contributed by atoms with Crippen LogP contribution in [-0.4, -0.2) is 67.6 Å². The van der Waals surface area contributed by atoms with Crippen molar-refractivity contribution in [1.29, 1.82) is 0 Å².